The van der Waals surface area contributed by atoms with Gasteiger partial charge in [0.1, 0.15) is 39.3 Å². The Morgan fingerprint density at radius 3 is 0.769 bits per heavy atom. The predicted molar refractivity (Wildman–Crippen MR) is 89.5 cm³/mol. The SMILES string of the molecule is C[N+](CCO)(CCO)CCO.C[N+](CCO)(CCO)CCO.O=C([O-])[O-]. The summed E-state index contributed by atoms with van der Waals surface area (Å²) in [6, 6.07) is 0. The molecule has 0 fully saturated rings. The van der Waals surface area contributed by atoms with Crippen molar-refractivity contribution < 1.29 is 54.6 Å². The van der Waals surface area contributed by atoms with Gasteiger partial charge < -0.3 is 54.6 Å². The number of likely N-dealkylation sites (N-methyl/N-ethyl adjacent to an activating group) is 2. The maximum atomic E-state index is 8.68. The summed E-state index contributed by atoms with van der Waals surface area (Å²) in [7, 11) is 3.81. The fraction of sp³-hybridized carbons (Fsp3) is 0.933. The molecule has 11 heteroatoms. The van der Waals surface area contributed by atoms with E-state index in [2.05, 4.69) is 0 Å². The van der Waals surface area contributed by atoms with Gasteiger partial charge in [-0.2, -0.15) is 0 Å². The summed E-state index contributed by atoms with van der Waals surface area (Å²) in [6.07, 6.45) is -2.33. The molecule has 0 aromatic carbocycles. The van der Waals surface area contributed by atoms with Crippen molar-refractivity contribution >= 4 is 6.16 Å². The summed E-state index contributed by atoms with van der Waals surface area (Å²) in [4.78, 5) is 8.33. The van der Waals surface area contributed by atoms with Crippen LogP contribution in [0.2, 0.25) is 0 Å². The highest BCUT2D eigenvalue weighted by Gasteiger charge is 2.19. The number of carboxylic acid groups (broad SMARTS) is 2. The summed E-state index contributed by atoms with van der Waals surface area (Å²) >= 11 is 0. The van der Waals surface area contributed by atoms with Crippen molar-refractivity contribution in [3.8, 4) is 0 Å². The van der Waals surface area contributed by atoms with Gasteiger partial charge in [0.05, 0.1) is 53.7 Å². The highest BCUT2D eigenvalue weighted by Crippen LogP contribution is 1.99. The Bertz CT molecular complexity index is 257. The van der Waals surface area contributed by atoms with Crippen LogP contribution in [-0.4, -0.2) is 139 Å². The highest BCUT2D eigenvalue weighted by molar-refractivity contribution is 5.47. The van der Waals surface area contributed by atoms with E-state index in [0.29, 0.717) is 48.2 Å². The van der Waals surface area contributed by atoms with Gasteiger partial charge in [0.15, 0.2) is 0 Å². The van der Waals surface area contributed by atoms with Gasteiger partial charge in [-0.25, -0.2) is 0 Å². The van der Waals surface area contributed by atoms with Gasteiger partial charge in [0.25, 0.3) is 0 Å². The molecule has 0 saturated heterocycles. The summed E-state index contributed by atoms with van der Waals surface area (Å²) in [6.45, 7) is 4.07. The van der Waals surface area contributed by atoms with Crippen LogP contribution in [0.4, 0.5) is 4.79 Å². The van der Waals surface area contributed by atoms with Crippen molar-refractivity contribution in [1.29, 1.82) is 0 Å². The lowest BCUT2D eigenvalue weighted by molar-refractivity contribution is -0.910. The molecule has 0 saturated carbocycles. The first-order valence-corrected chi connectivity index (χ1v) is 8.30. The van der Waals surface area contributed by atoms with Crippen LogP contribution < -0.4 is 10.2 Å². The van der Waals surface area contributed by atoms with Gasteiger partial charge in [-0.1, -0.05) is 0 Å². The molecule has 0 aliphatic rings. The van der Waals surface area contributed by atoms with E-state index in [4.69, 9.17) is 45.6 Å². The molecule has 0 spiro atoms. The van der Waals surface area contributed by atoms with Crippen molar-refractivity contribution in [2.24, 2.45) is 0 Å². The zero-order chi connectivity index (χ0) is 21.1. The second-order valence-electron chi connectivity index (χ2n) is 6.17. The number of nitrogens with zero attached hydrogens (tertiary/aromatic N) is 2. The average molecular weight is 388 g/mol. The van der Waals surface area contributed by atoms with Crippen molar-refractivity contribution in [2.75, 3.05) is 93.0 Å². The first-order valence-electron chi connectivity index (χ1n) is 8.30. The third kappa shape index (κ3) is 21.0. The molecule has 160 valence electrons. The Kier molecular flexibility index (Phi) is 21.4. The quantitative estimate of drug-likeness (QED) is 0.177. The van der Waals surface area contributed by atoms with Gasteiger partial charge in [0, 0.05) is 0 Å². The van der Waals surface area contributed by atoms with Crippen LogP contribution in [0, 0.1) is 0 Å². The molecule has 0 radical (unpaired) electrons. The van der Waals surface area contributed by atoms with Crippen LogP contribution in [0.15, 0.2) is 0 Å². The van der Waals surface area contributed by atoms with Crippen molar-refractivity contribution in [2.45, 2.75) is 0 Å². The van der Waals surface area contributed by atoms with Crippen LogP contribution in [0.1, 0.15) is 0 Å². The number of aliphatic hydroxyl groups is 6. The molecule has 11 nitrogen and oxygen atoms in total. The number of carbonyl (C=O) groups excluding carboxylic acids is 1. The number of carbonyl (C=O) groups is 1. The zero-order valence-electron chi connectivity index (χ0n) is 15.8. The van der Waals surface area contributed by atoms with Gasteiger partial charge in [-0.05, 0) is 6.16 Å². The number of hydrogen-bond donors (Lipinski definition) is 6. The van der Waals surface area contributed by atoms with Crippen LogP contribution in [0.25, 0.3) is 0 Å². The Balaban J connectivity index is -0.000000338. The normalized spacial score (nSPS) is 11.1. The van der Waals surface area contributed by atoms with E-state index >= 15 is 0 Å². The average Bonchev–Trinajstić information content (AvgIpc) is 2.48. The summed E-state index contributed by atoms with van der Waals surface area (Å²) in [5.74, 6) is 0. The number of aliphatic hydroxyl groups excluding tert-OH is 6. The topological polar surface area (TPSA) is 185 Å². The fourth-order valence-electron chi connectivity index (χ4n) is 2.12. The van der Waals surface area contributed by atoms with Crippen LogP contribution in [-0.2, 0) is 0 Å². The molecule has 6 N–H and O–H groups in total. The predicted octanol–water partition coefficient (Wildman–Crippen LogP) is -5.63. The first kappa shape index (κ1) is 29.7. The summed E-state index contributed by atoms with van der Waals surface area (Å²) in [5.41, 5.74) is 0. The van der Waals surface area contributed by atoms with E-state index in [1.165, 1.54) is 0 Å². The maximum absolute atomic E-state index is 8.68. The second-order valence-corrected chi connectivity index (χ2v) is 6.17. The summed E-state index contributed by atoms with van der Waals surface area (Å²) in [5, 5.41) is 68.7. The fourth-order valence-corrected chi connectivity index (χ4v) is 2.12. The van der Waals surface area contributed by atoms with E-state index < -0.39 is 6.16 Å². The molecule has 0 aliphatic heterocycles. The molecule has 0 rings (SSSR count). The maximum Gasteiger partial charge on any atom is 0.102 e. The molecule has 0 aromatic heterocycles. The van der Waals surface area contributed by atoms with E-state index in [1.807, 2.05) is 14.1 Å². The molecule has 0 atom stereocenters. The smallest absolute Gasteiger partial charge is 0.102 e. The molecule has 0 unspecified atom stereocenters. The lowest BCUT2D eigenvalue weighted by Gasteiger charge is -2.32. The molecule has 0 aliphatic carbocycles. The van der Waals surface area contributed by atoms with E-state index in [1.54, 1.807) is 0 Å². The Morgan fingerprint density at radius 1 is 0.577 bits per heavy atom. The molecule has 26 heavy (non-hydrogen) atoms. The molecular formula is C15H36N2O9. The lowest BCUT2D eigenvalue weighted by Crippen LogP contribution is -2.49. The van der Waals surface area contributed by atoms with Crippen molar-refractivity contribution in [1.82, 2.24) is 0 Å². The number of hydrogen-bond acceptors (Lipinski definition) is 9. The van der Waals surface area contributed by atoms with Crippen molar-refractivity contribution in [3.63, 3.8) is 0 Å². The van der Waals surface area contributed by atoms with Gasteiger partial charge in [0.2, 0.25) is 0 Å². The highest BCUT2D eigenvalue weighted by atomic mass is 16.6. The van der Waals surface area contributed by atoms with Gasteiger partial charge in [-0.3, -0.25) is 0 Å². The van der Waals surface area contributed by atoms with Gasteiger partial charge >= 0.3 is 0 Å². The monoisotopic (exact) mass is 388 g/mol. The van der Waals surface area contributed by atoms with E-state index in [9.17, 15) is 0 Å². The van der Waals surface area contributed by atoms with E-state index in [0.717, 1.165) is 0 Å². The molecular weight excluding hydrogens is 352 g/mol. The number of quaternary nitrogens is 2. The second kappa shape index (κ2) is 18.7. The van der Waals surface area contributed by atoms with Crippen molar-refractivity contribution in [3.05, 3.63) is 0 Å². The van der Waals surface area contributed by atoms with Crippen LogP contribution in [0.5, 0.6) is 0 Å². The van der Waals surface area contributed by atoms with Crippen LogP contribution in [0.3, 0.4) is 0 Å². The largest absolute Gasteiger partial charge is 0.652 e. The minimum atomic E-state index is -2.33. The van der Waals surface area contributed by atoms with Crippen LogP contribution >= 0.6 is 0 Å². The minimum absolute atomic E-state index is 0.0938. The zero-order valence-corrected chi connectivity index (χ0v) is 15.8. The minimum Gasteiger partial charge on any atom is -0.652 e. The Labute approximate surface area is 154 Å². The molecule has 0 heterocycles. The van der Waals surface area contributed by atoms with Gasteiger partial charge in [-0.15, -0.1) is 0 Å². The van der Waals surface area contributed by atoms with E-state index in [-0.39, 0.29) is 39.6 Å². The molecule has 0 bridgehead atoms. The molecule has 0 amide bonds. The first-order chi connectivity index (χ1) is 12.1. The lowest BCUT2D eigenvalue weighted by atomic mass is 10.4. The third-order valence-corrected chi connectivity index (χ3v) is 3.84. The Hall–Kier alpha value is -1.05. The molecule has 0 aromatic rings. The summed E-state index contributed by atoms with van der Waals surface area (Å²) < 4.78 is 1.06. The number of rotatable bonds is 12. The standard InChI is InChI=1S/2C7H18NO3.CH2O3/c2*1-8(2-5-9,3-6-10)4-7-11;2-1(3)4/h2*9-11H,2-7H2,1H3;(H2,2,3,4)/q2*+1;/p-2. The third-order valence-electron chi connectivity index (χ3n) is 3.84. The Morgan fingerprint density at radius 2 is 0.692 bits per heavy atom.